The second-order valence-corrected chi connectivity index (χ2v) is 30.0. The second-order valence-electron chi connectivity index (χ2n) is 28.6. The van der Waals surface area contributed by atoms with Gasteiger partial charge in [0.15, 0.2) is 34.6 Å². The summed E-state index contributed by atoms with van der Waals surface area (Å²) in [4.78, 5) is 0. The molecule has 1 heterocycles. The zero-order valence-electron chi connectivity index (χ0n) is 65.9. The molecule has 7 nitrogen and oxygen atoms in total. The number of phenols is 5. The van der Waals surface area contributed by atoms with Crippen LogP contribution in [0.3, 0.4) is 0 Å². The van der Waals surface area contributed by atoms with Crippen molar-refractivity contribution in [1.29, 1.82) is 0 Å². The predicted molar refractivity (Wildman–Crippen MR) is 437 cm³/mol. The monoisotopic (exact) mass is 1560 g/mol. The number of halogens is 8. The van der Waals surface area contributed by atoms with Gasteiger partial charge in [-0.15, -0.1) is 0 Å². The summed E-state index contributed by atoms with van der Waals surface area (Å²) >= 11 is 9.11. The first-order valence-electron chi connectivity index (χ1n) is 36.3. The lowest BCUT2D eigenvalue weighted by Gasteiger charge is -2.09. The molecule has 10 aromatic rings. The quantitative estimate of drug-likeness (QED) is 0.0683. The lowest BCUT2D eigenvalue weighted by molar-refractivity contribution is -0.137. The van der Waals surface area contributed by atoms with Crippen LogP contribution in [0, 0.1) is 17.5 Å². The summed E-state index contributed by atoms with van der Waals surface area (Å²) in [5, 5.41) is 46.2. The normalized spacial score (nSPS) is 11.0. The van der Waals surface area contributed by atoms with Crippen molar-refractivity contribution in [3.8, 4) is 40.2 Å². The summed E-state index contributed by atoms with van der Waals surface area (Å²) in [6.45, 7) is 42.0. The molecule has 0 atom stereocenters. The van der Waals surface area contributed by atoms with E-state index < -0.39 is 23.4 Å². The molecule has 580 valence electrons. The Hall–Kier alpha value is -8.85. The van der Waals surface area contributed by atoms with Crippen LogP contribution in [0.5, 0.6) is 40.2 Å². The molecule has 10 aromatic carbocycles. The van der Waals surface area contributed by atoms with Crippen molar-refractivity contribution in [2.24, 2.45) is 0 Å². The fourth-order valence-electron chi connectivity index (χ4n) is 9.36. The van der Waals surface area contributed by atoms with E-state index in [1.54, 1.807) is 48.5 Å². The fourth-order valence-corrected chi connectivity index (χ4v) is 9.75. The third-order valence-electron chi connectivity index (χ3n) is 16.5. The highest BCUT2D eigenvalue weighted by molar-refractivity contribution is 9.10. The largest absolute Gasteiger partial charge is 0.508 e. The van der Waals surface area contributed by atoms with Crippen molar-refractivity contribution in [3.63, 3.8) is 0 Å². The summed E-state index contributed by atoms with van der Waals surface area (Å²) in [5.41, 5.74) is 10.8. The molecule has 0 unspecified atom stereocenters. The van der Waals surface area contributed by atoms with Crippen molar-refractivity contribution in [2.75, 3.05) is 6.79 Å². The molecule has 5 N–H and O–H groups in total. The highest BCUT2D eigenvalue weighted by Gasteiger charge is 2.30. The number of para-hydroxylation sites is 1. The first kappa shape index (κ1) is 94.2. The van der Waals surface area contributed by atoms with E-state index in [1.165, 1.54) is 69.8 Å². The fraction of sp³-hybridized carbons (Fsp3) is 0.348. The number of hydrogen-bond donors (Lipinski definition) is 5. The molecular weight excluding hydrogens is 1450 g/mol. The van der Waals surface area contributed by atoms with Gasteiger partial charge in [0.1, 0.15) is 23.1 Å². The van der Waals surface area contributed by atoms with Gasteiger partial charge in [0.25, 0.3) is 0 Å². The molecule has 1 aliphatic heterocycles. The molecule has 0 saturated carbocycles. The molecule has 0 radical (unpaired) electrons. The summed E-state index contributed by atoms with van der Waals surface area (Å²) < 4.78 is 85.3. The molecule has 0 aliphatic carbocycles. The molecule has 107 heavy (non-hydrogen) atoms. The van der Waals surface area contributed by atoms with Crippen LogP contribution in [0.15, 0.2) is 229 Å². The number of benzene rings is 10. The highest BCUT2D eigenvalue weighted by Crippen LogP contribution is 2.35. The molecule has 0 amide bonds. The van der Waals surface area contributed by atoms with Gasteiger partial charge in [0.2, 0.25) is 6.79 Å². The van der Waals surface area contributed by atoms with Crippen LogP contribution in [0.4, 0.5) is 26.3 Å². The van der Waals surface area contributed by atoms with Crippen molar-refractivity contribution in [1.82, 2.24) is 0 Å². The Morgan fingerprint density at radius 2 is 0.692 bits per heavy atom. The summed E-state index contributed by atoms with van der Waals surface area (Å²) in [5.74, 6) is 5.59. The van der Waals surface area contributed by atoms with Crippen molar-refractivity contribution >= 4 is 27.5 Å². The molecule has 0 bridgehead atoms. The van der Waals surface area contributed by atoms with E-state index in [1.807, 2.05) is 120 Å². The summed E-state index contributed by atoms with van der Waals surface area (Å²) in [7, 11) is 0. The van der Waals surface area contributed by atoms with Crippen LogP contribution in [0.2, 0.25) is 5.02 Å². The van der Waals surface area contributed by atoms with E-state index in [4.69, 9.17) is 41.5 Å². The van der Waals surface area contributed by atoms with Crippen molar-refractivity contribution < 1.29 is 61.3 Å². The second kappa shape index (κ2) is 48.5. The Morgan fingerprint density at radius 1 is 0.318 bits per heavy atom. The molecule has 11 rings (SSSR count). The van der Waals surface area contributed by atoms with E-state index in [0.717, 1.165) is 61.4 Å². The average molecular weight is 1560 g/mol. The van der Waals surface area contributed by atoms with Gasteiger partial charge < -0.3 is 35.0 Å². The van der Waals surface area contributed by atoms with Gasteiger partial charge >= 0.3 is 6.18 Å². The molecule has 0 saturated heterocycles. The predicted octanol–water partition coefficient (Wildman–Crippen LogP) is 29.2. The maximum Gasteiger partial charge on any atom is 0.416 e. The third-order valence-corrected chi connectivity index (χ3v) is 17.3. The lowest BCUT2D eigenvalue weighted by atomic mass is 10.0. The van der Waals surface area contributed by atoms with E-state index in [-0.39, 0.29) is 29.2 Å². The van der Waals surface area contributed by atoms with Crippen LogP contribution >= 0.6 is 27.5 Å². The minimum Gasteiger partial charge on any atom is -0.508 e. The van der Waals surface area contributed by atoms with Crippen molar-refractivity contribution in [3.05, 3.63) is 313 Å². The van der Waals surface area contributed by atoms with Crippen LogP contribution in [0.25, 0.3) is 0 Å². The minimum atomic E-state index is -4.23. The number of hydrogen-bond acceptors (Lipinski definition) is 7. The Kier molecular flexibility index (Phi) is 42.7. The Balaban J connectivity index is 0.000000404. The molecular formula is C92H114BrClF6O7. The minimum absolute atomic E-state index is 0.0452. The standard InChI is InChI=1S/C10H11F3.C10H12O2.C9H11Br.C9H11Cl.C9H10F2.C9H11F.C9H12O2.3C9H12O/c1-7(2)8-3-5-9(6-4-8)10(11,12)13;1-7(2)8-3-4-9-10(5-8)12-6-11-9;2*1-7(2)8-3-5-9(10)6-4-8;1-6(2)7-3-4-8(10)9(11)5-7;1-7(2)8-3-5-9(10)6-4-8;1-6(2)7-3-4-8(10)9(11)5-7;1-7(2)8-3-5-9(10)6-4-8;1-7(2)8-4-3-5-9(10)6-8;1-7(2)8-5-3-4-6-9(8)10/h3-7H,1-2H3;3-5,7H,6H2,1-2H3;2*3-7H,1-2H3;3-6H,1-2H3;3-7H,1-2H3;3-6,10-11H,1-2H3;3*3-7,10H,1-2H3. The molecule has 1 aliphatic rings. The van der Waals surface area contributed by atoms with Gasteiger partial charge in [-0.1, -0.05) is 275 Å². The zero-order valence-corrected chi connectivity index (χ0v) is 68.3. The van der Waals surface area contributed by atoms with Gasteiger partial charge in [-0.05, 0) is 230 Å². The van der Waals surface area contributed by atoms with Crippen LogP contribution in [-0.2, 0) is 6.18 Å². The average Bonchev–Trinajstić information content (AvgIpc) is 1.78. The SMILES string of the molecule is CC(C)c1ccc(Br)cc1.CC(C)c1ccc(C(F)(F)F)cc1.CC(C)c1ccc(Cl)cc1.CC(C)c1ccc(F)c(F)c1.CC(C)c1ccc(F)cc1.CC(C)c1ccc(O)c(O)c1.CC(C)c1ccc(O)cc1.CC(C)c1ccc2c(c1)OCO2.CC(C)c1cccc(O)c1.CC(C)c1ccccc1O. The third kappa shape index (κ3) is 37.5. The number of alkyl halides is 3. The van der Waals surface area contributed by atoms with E-state index in [2.05, 4.69) is 155 Å². The molecule has 0 fully saturated rings. The molecule has 15 heteroatoms. The van der Waals surface area contributed by atoms with Gasteiger partial charge in [-0.3, -0.25) is 0 Å². The number of phenolic OH excluding ortho intramolecular Hbond substituents is 5. The number of ether oxygens (including phenoxy) is 2. The van der Waals surface area contributed by atoms with Crippen LogP contribution < -0.4 is 9.47 Å². The van der Waals surface area contributed by atoms with Gasteiger partial charge in [-0.2, -0.15) is 13.2 Å². The van der Waals surface area contributed by atoms with Crippen molar-refractivity contribution in [2.45, 2.75) is 204 Å². The number of rotatable bonds is 10. The van der Waals surface area contributed by atoms with Gasteiger partial charge in [-0.25, -0.2) is 13.2 Å². The topological polar surface area (TPSA) is 120 Å². The Morgan fingerprint density at radius 3 is 1.09 bits per heavy atom. The van der Waals surface area contributed by atoms with Crippen LogP contribution in [-0.4, -0.2) is 32.3 Å². The Bertz CT molecular complexity index is 3830. The first-order valence-corrected chi connectivity index (χ1v) is 37.4. The molecule has 0 aromatic heterocycles. The lowest BCUT2D eigenvalue weighted by Crippen LogP contribution is -2.04. The summed E-state index contributed by atoms with van der Waals surface area (Å²) in [6, 6.07) is 65.5. The van der Waals surface area contributed by atoms with E-state index in [0.29, 0.717) is 71.4 Å². The number of fused-ring (bicyclic) bond motifs is 1. The van der Waals surface area contributed by atoms with E-state index in [9.17, 15) is 31.4 Å². The Labute approximate surface area is 648 Å². The molecule has 0 spiro atoms. The van der Waals surface area contributed by atoms with Gasteiger partial charge in [0.05, 0.1) is 5.56 Å². The van der Waals surface area contributed by atoms with Crippen LogP contribution in [0.1, 0.15) is 259 Å². The maximum absolute atomic E-state index is 12.6. The highest BCUT2D eigenvalue weighted by atomic mass is 79.9. The van der Waals surface area contributed by atoms with Gasteiger partial charge in [0, 0.05) is 9.50 Å². The van der Waals surface area contributed by atoms with E-state index >= 15 is 0 Å². The smallest absolute Gasteiger partial charge is 0.416 e. The first-order chi connectivity index (χ1) is 50.1. The zero-order chi connectivity index (χ0) is 80.8. The number of aromatic hydroxyl groups is 5. The maximum atomic E-state index is 12.6. The summed E-state index contributed by atoms with van der Waals surface area (Å²) in [6.07, 6.45) is -4.23.